The Bertz CT molecular complexity index is 606. The van der Waals surface area contributed by atoms with Gasteiger partial charge in [-0.25, -0.2) is 9.67 Å². The summed E-state index contributed by atoms with van der Waals surface area (Å²) in [6, 6.07) is 4.86. The van der Waals surface area contributed by atoms with E-state index in [0.29, 0.717) is 16.3 Å². The number of benzene rings is 1. The smallest absolute Gasteiger partial charge is 0.398 e. The van der Waals surface area contributed by atoms with Crippen LogP contribution in [0.2, 0.25) is 5.02 Å². The molecule has 0 aliphatic carbocycles. The summed E-state index contributed by atoms with van der Waals surface area (Å²) < 4.78 is 38.6. The third kappa shape index (κ3) is 2.98. The van der Waals surface area contributed by atoms with E-state index in [-0.39, 0.29) is 12.4 Å². The van der Waals surface area contributed by atoms with Crippen molar-refractivity contribution in [1.29, 1.82) is 0 Å². The van der Waals surface area contributed by atoms with Crippen molar-refractivity contribution in [2.75, 3.05) is 5.73 Å². The molecule has 0 saturated carbocycles. The van der Waals surface area contributed by atoms with Crippen LogP contribution in [0.3, 0.4) is 0 Å². The van der Waals surface area contributed by atoms with E-state index in [9.17, 15) is 13.2 Å². The Morgan fingerprint density at radius 3 is 2.58 bits per heavy atom. The molecule has 1 heterocycles. The van der Waals surface area contributed by atoms with Gasteiger partial charge < -0.3 is 5.73 Å². The van der Waals surface area contributed by atoms with E-state index in [1.54, 1.807) is 18.2 Å². The number of hydrogen-bond donors (Lipinski definition) is 1. The summed E-state index contributed by atoms with van der Waals surface area (Å²) in [6.07, 6.45) is -4.55. The lowest BCUT2D eigenvalue weighted by Crippen LogP contribution is -2.09. The van der Waals surface area contributed by atoms with Crippen molar-refractivity contribution in [2.45, 2.75) is 19.6 Å². The van der Waals surface area contributed by atoms with Gasteiger partial charge in [0.2, 0.25) is 0 Å². The van der Waals surface area contributed by atoms with Gasteiger partial charge in [0, 0.05) is 0 Å². The SMILES string of the molecule is Cc1nc(C(F)(F)F)nn1Cc1ccc(N)c(Cl)c1. The van der Waals surface area contributed by atoms with E-state index in [1.165, 1.54) is 11.6 Å². The molecule has 0 amide bonds. The summed E-state index contributed by atoms with van der Waals surface area (Å²) >= 11 is 5.85. The van der Waals surface area contributed by atoms with Crippen LogP contribution in [0.15, 0.2) is 18.2 Å². The van der Waals surface area contributed by atoms with E-state index in [1.807, 2.05) is 0 Å². The summed E-state index contributed by atoms with van der Waals surface area (Å²) in [6.45, 7) is 1.61. The molecule has 1 aromatic heterocycles. The highest BCUT2D eigenvalue weighted by Gasteiger charge is 2.36. The van der Waals surface area contributed by atoms with Gasteiger partial charge in [0.1, 0.15) is 5.82 Å². The molecule has 8 heteroatoms. The van der Waals surface area contributed by atoms with Crippen molar-refractivity contribution in [3.63, 3.8) is 0 Å². The lowest BCUT2D eigenvalue weighted by molar-refractivity contribution is -0.145. The molecule has 102 valence electrons. The molecule has 0 radical (unpaired) electrons. The van der Waals surface area contributed by atoms with E-state index in [0.717, 1.165) is 0 Å². The maximum Gasteiger partial charge on any atom is 0.453 e. The molecular weight excluding hydrogens is 281 g/mol. The largest absolute Gasteiger partial charge is 0.453 e. The molecule has 0 aliphatic heterocycles. The highest BCUT2D eigenvalue weighted by molar-refractivity contribution is 6.33. The molecule has 0 aliphatic rings. The van der Waals surface area contributed by atoms with Crippen LogP contribution < -0.4 is 5.73 Å². The lowest BCUT2D eigenvalue weighted by Gasteiger charge is -2.05. The van der Waals surface area contributed by atoms with Crippen LogP contribution in [-0.2, 0) is 12.7 Å². The minimum Gasteiger partial charge on any atom is -0.398 e. The molecule has 0 spiro atoms. The fraction of sp³-hybridized carbons (Fsp3) is 0.273. The molecule has 0 fully saturated rings. The zero-order valence-corrected chi connectivity index (χ0v) is 10.6. The van der Waals surface area contributed by atoms with Gasteiger partial charge in [-0.05, 0) is 24.6 Å². The number of nitrogens with zero attached hydrogens (tertiary/aromatic N) is 3. The minimum atomic E-state index is -4.55. The Labute approximate surface area is 112 Å². The third-order valence-electron chi connectivity index (χ3n) is 2.51. The first-order chi connectivity index (χ1) is 8.77. The van der Waals surface area contributed by atoms with Crippen molar-refractivity contribution >= 4 is 17.3 Å². The second kappa shape index (κ2) is 4.73. The van der Waals surface area contributed by atoms with Crippen LogP contribution in [0.4, 0.5) is 18.9 Å². The van der Waals surface area contributed by atoms with E-state index < -0.39 is 12.0 Å². The minimum absolute atomic E-state index is 0.148. The Morgan fingerprint density at radius 2 is 2.05 bits per heavy atom. The van der Waals surface area contributed by atoms with Gasteiger partial charge in [-0.15, -0.1) is 5.10 Å². The predicted molar refractivity (Wildman–Crippen MR) is 64.7 cm³/mol. The summed E-state index contributed by atoms with van der Waals surface area (Å²) in [5.41, 5.74) is 6.67. The van der Waals surface area contributed by atoms with Gasteiger partial charge >= 0.3 is 6.18 Å². The lowest BCUT2D eigenvalue weighted by atomic mass is 10.2. The Kier molecular flexibility index (Phi) is 3.40. The molecule has 0 saturated heterocycles. The van der Waals surface area contributed by atoms with Crippen LogP contribution in [0.25, 0.3) is 0 Å². The third-order valence-corrected chi connectivity index (χ3v) is 2.83. The van der Waals surface area contributed by atoms with Gasteiger partial charge in [0.05, 0.1) is 17.3 Å². The maximum atomic E-state index is 12.5. The fourth-order valence-corrected chi connectivity index (χ4v) is 1.73. The number of hydrogen-bond acceptors (Lipinski definition) is 3. The number of aromatic nitrogens is 3. The second-order valence-electron chi connectivity index (χ2n) is 3.99. The average Bonchev–Trinajstić information content (AvgIpc) is 2.65. The highest BCUT2D eigenvalue weighted by Crippen LogP contribution is 2.26. The van der Waals surface area contributed by atoms with Crippen LogP contribution in [0.1, 0.15) is 17.2 Å². The van der Waals surface area contributed by atoms with E-state index >= 15 is 0 Å². The van der Waals surface area contributed by atoms with Gasteiger partial charge in [0.25, 0.3) is 5.82 Å². The number of nitrogens with two attached hydrogens (primary N) is 1. The normalized spacial score (nSPS) is 11.8. The zero-order valence-electron chi connectivity index (χ0n) is 9.87. The number of halogens is 4. The standard InChI is InChI=1S/C11H10ClF3N4/c1-6-17-10(11(13,14)15)18-19(6)5-7-2-3-9(16)8(12)4-7/h2-4H,5,16H2,1H3. The monoisotopic (exact) mass is 290 g/mol. The molecule has 1 aromatic carbocycles. The van der Waals surface area contributed by atoms with Gasteiger partial charge in [0.15, 0.2) is 0 Å². The molecule has 2 N–H and O–H groups in total. The van der Waals surface area contributed by atoms with Gasteiger partial charge in [-0.3, -0.25) is 0 Å². The zero-order chi connectivity index (χ0) is 14.2. The van der Waals surface area contributed by atoms with E-state index in [4.69, 9.17) is 17.3 Å². The summed E-state index contributed by atoms with van der Waals surface area (Å²) in [5, 5.41) is 3.79. The van der Waals surface area contributed by atoms with Crippen molar-refractivity contribution in [2.24, 2.45) is 0 Å². The first-order valence-electron chi connectivity index (χ1n) is 5.30. The van der Waals surface area contributed by atoms with Gasteiger partial charge in [-0.1, -0.05) is 17.7 Å². The molecule has 0 bridgehead atoms. The van der Waals surface area contributed by atoms with Crippen molar-refractivity contribution < 1.29 is 13.2 Å². The predicted octanol–water partition coefficient (Wildman–Crippen LogP) is 2.89. The Hall–Kier alpha value is -1.76. The first-order valence-corrected chi connectivity index (χ1v) is 5.67. The molecule has 2 aromatic rings. The van der Waals surface area contributed by atoms with Crippen LogP contribution in [0, 0.1) is 6.92 Å². The molecular formula is C11H10ClF3N4. The Morgan fingerprint density at radius 1 is 1.37 bits per heavy atom. The maximum absolute atomic E-state index is 12.5. The molecule has 19 heavy (non-hydrogen) atoms. The second-order valence-corrected chi connectivity index (χ2v) is 4.40. The number of nitrogen functional groups attached to an aromatic ring is 1. The number of rotatable bonds is 2. The van der Waals surface area contributed by atoms with Crippen molar-refractivity contribution in [1.82, 2.24) is 14.8 Å². The number of alkyl halides is 3. The Balaban J connectivity index is 2.28. The van der Waals surface area contributed by atoms with Crippen LogP contribution in [0.5, 0.6) is 0 Å². The average molecular weight is 291 g/mol. The topological polar surface area (TPSA) is 56.7 Å². The number of aryl methyl sites for hydroxylation is 1. The molecule has 0 unspecified atom stereocenters. The highest BCUT2D eigenvalue weighted by atomic mass is 35.5. The van der Waals surface area contributed by atoms with Crippen molar-refractivity contribution in [3.05, 3.63) is 40.4 Å². The fourth-order valence-electron chi connectivity index (χ4n) is 1.53. The molecule has 0 atom stereocenters. The van der Waals surface area contributed by atoms with Crippen molar-refractivity contribution in [3.8, 4) is 0 Å². The summed E-state index contributed by atoms with van der Waals surface area (Å²) in [4.78, 5) is 3.39. The number of anilines is 1. The first kappa shape index (κ1) is 13.7. The molecule has 4 nitrogen and oxygen atoms in total. The molecule has 2 rings (SSSR count). The quantitative estimate of drug-likeness (QED) is 0.865. The summed E-state index contributed by atoms with van der Waals surface area (Å²) in [5.74, 6) is -0.966. The van der Waals surface area contributed by atoms with Gasteiger partial charge in [-0.2, -0.15) is 13.2 Å². The summed E-state index contributed by atoms with van der Waals surface area (Å²) in [7, 11) is 0. The van der Waals surface area contributed by atoms with Crippen LogP contribution in [-0.4, -0.2) is 14.8 Å². The van der Waals surface area contributed by atoms with E-state index in [2.05, 4.69) is 10.1 Å². The van der Waals surface area contributed by atoms with Crippen LogP contribution >= 0.6 is 11.6 Å².